The first-order valence-electron chi connectivity index (χ1n) is 10.3. The Kier molecular flexibility index (Phi) is 5.64. The van der Waals surface area contributed by atoms with Gasteiger partial charge in [0.1, 0.15) is 11.3 Å². The second-order valence-electron chi connectivity index (χ2n) is 7.17. The normalized spacial score (nSPS) is 10.6. The van der Waals surface area contributed by atoms with Crippen LogP contribution in [0, 0.1) is 0 Å². The van der Waals surface area contributed by atoms with Crippen molar-refractivity contribution in [2.75, 3.05) is 11.1 Å². The zero-order valence-corrected chi connectivity index (χ0v) is 17.8. The first-order valence-corrected chi connectivity index (χ1v) is 10.3. The molecule has 0 unspecified atom stereocenters. The maximum absolute atomic E-state index is 12.8. The van der Waals surface area contributed by atoms with Gasteiger partial charge in [0.15, 0.2) is 5.76 Å². The van der Waals surface area contributed by atoms with Crippen LogP contribution in [0.15, 0.2) is 95.9 Å². The van der Waals surface area contributed by atoms with Crippen molar-refractivity contribution in [3.63, 3.8) is 0 Å². The van der Waals surface area contributed by atoms with Gasteiger partial charge >= 0.3 is 0 Å². The van der Waals surface area contributed by atoms with Gasteiger partial charge in [0, 0.05) is 23.6 Å². The van der Waals surface area contributed by atoms with Gasteiger partial charge in [-0.05, 0) is 42.5 Å². The van der Waals surface area contributed by atoms with Crippen LogP contribution in [0.25, 0.3) is 22.6 Å². The van der Waals surface area contributed by atoms with Crippen molar-refractivity contribution in [2.24, 2.45) is 0 Å². The summed E-state index contributed by atoms with van der Waals surface area (Å²) >= 11 is 0. The number of carbonyl (C=O) groups excluding carboxylic acids is 1. The topological polar surface area (TPSA) is 129 Å². The minimum atomic E-state index is -0.331. The summed E-state index contributed by atoms with van der Waals surface area (Å²) < 4.78 is 11.3. The fraction of sp³-hybridized carbons (Fsp3) is 0. The van der Waals surface area contributed by atoms with Gasteiger partial charge in [-0.3, -0.25) is 4.79 Å². The number of nitrogens with two attached hydrogens (primary N) is 1. The summed E-state index contributed by atoms with van der Waals surface area (Å²) in [5, 5.41) is 6.63. The van der Waals surface area contributed by atoms with Crippen molar-refractivity contribution in [1.29, 1.82) is 0 Å². The van der Waals surface area contributed by atoms with Crippen LogP contribution in [0.4, 0.5) is 11.6 Å². The third kappa shape index (κ3) is 4.44. The second kappa shape index (κ2) is 9.21. The molecule has 3 aromatic heterocycles. The largest absolute Gasteiger partial charge is 0.438 e. The SMILES string of the molecule is Nc1nccc(-c2cccnc2Oc2ccc(NC(=O)c3cnoc3-c3ccccc3)cc2)n1. The van der Waals surface area contributed by atoms with Crippen LogP contribution in [-0.2, 0) is 0 Å². The van der Waals surface area contributed by atoms with Gasteiger partial charge in [0.2, 0.25) is 11.8 Å². The van der Waals surface area contributed by atoms with E-state index in [1.54, 1.807) is 48.8 Å². The van der Waals surface area contributed by atoms with E-state index in [0.29, 0.717) is 39.9 Å². The van der Waals surface area contributed by atoms with Gasteiger partial charge in [-0.15, -0.1) is 0 Å². The summed E-state index contributed by atoms with van der Waals surface area (Å²) in [5.74, 6) is 1.15. The van der Waals surface area contributed by atoms with E-state index in [1.807, 2.05) is 36.4 Å². The average molecular weight is 450 g/mol. The molecule has 0 fully saturated rings. The number of nitrogen functional groups attached to an aromatic ring is 1. The molecule has 0 aliphatic rings. The van der Waals surface area contributed by atoms with Crippen molar-refractivity contribution in [1.82, 2.24) is 20.1 Å². The summed E-state index contributed by atoms with van der Waals surface area (Å²) in [7, 11) is 0. The standard InChI is InChI=1S/C25H18N6O3/c26-25-28-14-12-21(31-25)19-7-4-13-27-24(19)33-18-10-8-17(9-11-18)30-23(32)20-15-29-34-22(20)16-5-2-1-3-6-16/h1-15H,(H,30,32)(H2,26,28,31). The van der Waals surface area contributed by atoms with Crippen LogP contribution < -0.4 is 15.8 Å². The highest BCUT2D eigenvalue weighted by molar-refractivity contribution is 6.07. The van der Waals surface area contributed by atoms with Crippen LogP contribution in [0.3, 0.4) is 0 Å². The van der Waals surface area contributed by atoms with Crippen LogP contribution in [0.2, 0.25) is 0 Å². The number of hydrogen-bond acceptors (Lipinski definition) is 8. The molecule has 9 heteroatoms. The number of ether oxygens (including phenoxy) is 1. The number of amides is 1. The minimum absolute atomic E-state index is 0.163. The van der Waals surface area contributed by atoms with Crippen molar-refractivity contribution < 1.29 is 14.1 Å². The number of pyridine rings is 1. The summed E-state index contributed by atoms with van der Waals surface area (Å²) in [5.41, 5.74) is 8.68. The van der Waals surface area contributed by atoms with Crippen LogP contribution in [0.1, 0.15) is 10.4 Å². The van der Waals surface area contributed by atoms with E-state index in [1.165, 1.54) is 6.20 Å². The fourth-order valence-corrected chi connectivity index (χ4v) is 3.31. The number of benzene rings is 2. The molecule has 34 heavy (non-hydrogen) atoms. The Morgan fingerprint density at radius 3 is 2.53 bits per heavy atom. The van der Waals surface area contributed by atoms with E-state index in [9.17, 15) is 4.79 Å². The fourth-order valence-electron chi connectivity index (χ4n) is 3.31. The average Bonchev–Trinajstić information content (AvgIpc) is 3.36. The lowest BCUT2D eigenvalue weighted by molar-refractivity contribution is 0.102. The molecule has 3 N–H and O–H groups in total. The Balaban J connectivity index is 1.32. The maximum atomic E-state index is 12.8. The van der Waals surface area contributed by atoms with E-state index in [0.717, 1.165) is 5.56 Å². The number of rotatable bonds is 6. The predicted octanol–water partition coefficient (Wildman–Crippen LogP) is 4.82. The summed E-state index contributed by atoms with van der Waals surface area (Å²) in [6, 6.07) is 21.6. The predicted molar refractivity (Wildman–Crippen MR) is 126 cm³/mol. The molecule has 0 aliphatic carbocycles. The lowest BCUT2D eigenvalue weighted by Gasteiger charge is -2.10. The molecular weight excluding hydrogens is 432 g/mol. The van der Waals surface area contributed by atoms with Crippen molar-refractivity contribution >= 4 is 17.5 Å². The molecule has 0 radical (unpaired) electrons. The van der Waals surface area contributed by atoms with Crippen LogP contribution in [0.5, 0.6) is 11.6 Å². The van der Waals surface area contributed by atoms with E-state index in [2.05, 4.69) is 25.4 Å². The van der Waals surface area contributed by atoms with Crippen LogP contribution in [-0.4, -0.2) is 26.0 Å². The monoisotopic (exact) mass is 450 g/mol. The van der Waals surface area contributed by atoms with Gasteiger partial charge < -0.3 is 20.3 Å². The molecule has 0 saturated heterocycles. The highest BCUT2D eigenvalue weighted by Crippen LogP contribution is 2.31. The molecule has 0 atom stereocenters. The quantitative estimate of drug-likeness (QED) is 0.377. The minimum Gasteiger partial charge on any atom is -0.438 e. The Morgan fingerprint density at radius 1 is 0.912 bits per heavy atom. The van der Waals surface area contributed by atoms with Gasteiger partial charge in [-0.2, -0.15) is 0 Å². The molecular formula is C25H18N6O3. The smallest absolute Gasteiger partial charge is 0.261 e. The second-order valence-corrected chi connectivity index (χ2v) is 7.17. The molecule has 9 nitrogen and oxygen atoms in total. The first-order chi connectivity index (χ1) is 16.7. The molecule has 0 saturated carbocycles. The summed E-state index contributed by atoms with van der Waals surface area (Å²) in [6.45, 7) is 0. The van der Waals surface area contributed by atoms with E-state index < -0.39 is 0 Å². The number of hydrogen-bond donors (Lipinski definition) is 2. The Labute approximate surface area is 194 Å². The van der Waals surface area contributed by atoms with Crippen molar-refractivity contribution in [3.8, 4) is 34.2 Å². The van der Waals surface area contributed by atoms with Gasteiger partial charge in [-0.1, -0.05) is 35.5 Å². The Hall–Kier alpha value is -5.05. The zero-order chi connectivity index (χ0) is 23.3. The highest BCUT2D eigenvalue weighted by Gasteiger charge is 2.18. The molecule has 166 valence electrons. The molecule has 1 amide bonds. The third-order valence-electron chi connectivity index (χ3n) is 4.90. The molecule has 3 heterocycles. The lowest BCUT2D eigenvalue weighted by Crippen LogP contribution is -2.11. The molecule has 5 rings (SSSR count). The molecule has 0 spiro atoms. The van der Waals surface area contributed by atoms with Gasteiger partial charge in [0.05, 0.1) is 17.5 Å². The Bertz CT molecular complexity index is 1430. The van der Waals surface area contributed by atoms with E-state index in [4.69, 9.17) is 15.0 Å². The zero-order valence-electron chi connectivity index (χ0n) is 17.8. The number of nitrogens with one attached hydrogen (secondary N) is 1. The first kappa shape index (κ1) is 20.8. The highest BCUT2D eigenvalue weighted by atomic mass is 16.5. The third-order valence-corrected chi connectivity index (χ3v) is 4.90. The number of anilines is 2. The molecule has 2 aromatic carbocycles. The van der Waals surface area contributed by atoms with E-state index in [-0.39, 0.29) is 11.9 Å². The summed E-state index contributed by atoms with van der Waals surface area (Å²) in [6.07, 6.45) is 4.60. The number of carbonyl (C=O) groups is 1. The van der Waals surface area contributed by atoms with Crippen molar-refractivity contribution in [2.45, 2.75) is 0 Å². The maximum Gasteiger partial charge on any atom is 0.261 e. The van der Waals surface area contributed by atoms with E-state index >= 15 is 0 Å². The molecule has 5 aromatic rings. The van der Waals surface area contributed by atoms with Crippen molar-refractivity contribution in [3.05, 3.63) is 97.0 Å². The van der Waals surface area contributed by atoms with Crippen LogP contribution >= 0.6 is 0 Å². The van der Waals surface area contributed by atoms with Gasteiger partial charge in [-0.25, -0.2) is 15.0 Å². The summed E-state index contributed by atoms with van der Waals surface area (Å²) in [4.78, 5) is 25.3. The molecule has 0 bridgehead atoms. The number of nitrogens with zero attached hydrogens (tertiary/aromatic N) is 4. The van der Waals surface area contributed by atoms with Gasteiger partial charge in [0.25, 0.3) is 5.91 Å². The molecule has 0 aliphatic heterocycles. The Morgan fingerprint density at radius 2 is 1.74 bits per heavy atom. The number of aromatic nitrogens is 4. The lowest BCUT2D eigenvalue weighted by atomic mass is 10.1.